The van der Waals surface area contributed by atoms with E-state index in [0.29, 0.717) is 26.4 Å². The van der Waals surface area contributed by atoms with Crippen LogP contribution in [0.2, 0.25) is 0 Å². The van der Waals surface area contributed by atoms with Crippen LogP contribution in [0.15, 0.2) is 29.1 Å². The van der Waals surface area contributed by atoms with Crippen LogP contribution in [0.5, 0.6) is 5.75 Å². The summed E-state index contributed by atoms with van der Waals surface area (Å²) in [4.78, 5) is 42.7. The number of nitro groups is 1. The van der Waals surface area contributed by atoms with Crippen molar-refractivity contribution in [3.05, 3.63) is 61.0 Å². The molecule has 0 aliphatic heterocycles. The highest BCUT2D eigenvalue weighted by molar-refractivity contribution is 7.20. The van der Waals surface area contributed by atoms with Crippen molar-refractivity contribution in [3.63, 3.8) is 0 Å². The average molecular weight is 403 g/mol. The van der Waals surface area contributed by atoms with Gasteiger partial charge in [0, 0.05) is 12.1 Å². The number of thiophene rings is 1. The molecular formula is C18H17N3O6S. The number of nitrogens with zero attached hydrogens (tertiary/aromatic N) is 2. The zero-order valence-electron chi connectivity index (χ0n) is 15.3. The number of aryl methyl sites for hydroxylation is 1. The van der Waals surface area contributed by atoms with Gasteiger partial charge in [0.2, 0.25) is 0 Å². The Labute approximate surface area is 163 Å². The Bertz CT molecular complexity index is 1100. The number of carbonyl (C=O) groups excluding carboxylic acids is 1. The highest BCUT2D eigenvalue weighted by atomic mass is 32.1. The molecule has 0 amide bonds. The number of aromatic amines is 1. The summed E-state index contributed by atoms with van der Waals surface area (Å²) in [6, 6.07) is 5.60. The summed E-state index contributed by atoms with van der Waals surface area (Å²) in [5, 5.41) is 11.1. The zero-order valence-corrected chi connectivity index (χ0v) is 16.2. The third kappa shape index (κ3) is 3.72. The number of rotatable bonds is 6. The van der Waals surface area contributed by atoms with Crippen LogP contribution in [-0.4, -0.2) is 27.5 Å². The SMILES string of the molecule is CCOC(=O)c1sc2nc([C@@H](C)Oc3ccc([N+](=O)[O-])cc3)[nH]c(=O)c2c1C. The van der Waals surface area contributed by atoms with Crippen LogP contribution in [0, 0.1) is 17.0 Å². The number of nitro benzene ring substituents is 1. The minimum Gasteiger partial charge on any atom is -0.483 e. The van der Waals surface area contributed by atoms with Crippen LogP contribution in [0.25, 0.3) is 10.2 Å². The van der Waals surface area contributed by atoms with E-state index in [-0.39, 0.29) is 23.7 Å². The van der Waals surface area contributed by atoms with Crippen molar-refractivity contribution in [1.29, 1.82) is 0 Å². The number of carbonyl (C=O) groups is 1. The van der Waals surface area contributed by atoms with Crippen LogP contribution >= 0.6 is 11.3 Å². The molecular weight excluding hydrogens is 386 g/mol. The first-order valence-corrected chi connectivity index (χ1v) is 9.25. The van der Waals surface area contributed by atoms with Crippen molar-refractivity contribution in [2.24, 2.45) is 0 Å². The van der Waals surface area contributed by atoms with Gasteiger partial charge in [-0.25, -0.2) is 9.78 Å². The van der Waals surface area contributed by atoms with Crippen LogP contribution in [0.3, 0.4) is 0 Å². The second kappa shape index (κ2) is 7.77. The van der Waals surface area contributed by atoms with E-state index in [2.05, 4.69) is 9.97 Å². The normalized spacial score (nSPS) is 12.0. The topological polar surface area (TPSA) is 124 Å². The van der Waals surface area contributed by atoms with Gasteiger partial charge in [0.05, 0.1) is 16.9 Å². The average Bonchev–Trinajstić information content (AvgIpc) is 2.99. The molecule has 2 heterocycles. The second-order valence-corrected chi connectivity index (χ2v) is 6.92. The maximum Gasteiger partial charge on any atom is 0.348 e. The highest BCUT2D eigenvalue weighted by Crippen LogP contribution is 2.29. The molecule has 3 rings (SSSR count). The number of aromatic nitrogens is 2. The molecule has 0 bridgehead atoms. The quantitative estimate of drug-likeness (QED) is 0.379. The number of benzene rings is 1. The first kappa shape index (κ1) is 19.5. The van der Waals surface area contributed by atoms with E-state index in [1.54, 1.807) is 20.8 Å². The molecule has 10 heteroatoms. The summed E-state index contributed by atoms with van der Waals surface area (Å²) in [6.45, 7) is 5.32. The van der Waals surface area contributed by atoms with E-state index in [4.69, 9.17) is 9.47 Å². The van der Waals surface area contributed by atoms with Crippen LogP contribution in [0.1, 0.15) is 41.0 Å². The number of ether oxygens (including phenoxy) is 2. The monoisotopic (exact) mass is 403 g/mol. The van der Waals surface area contributed by atoms with Crippen molar-refractivity contribution in [2.45, 2.75) is 26.9 Å². The second-order valence-electron chi connectivity index (χ2n) is 5.92. The molecule has 146 valence electrons. The third-order valence-corrected chi connectivity index (χ3v) is 5.19. The van der Waals surface area contributed by atoms with Gasteiger partial charge >= 0.3 is 5.97 Å². The number of nitrogens with one attached hydrogen (secondary N) is 1. The van der Waals surface area contributed by atoms with Gasteiger partial charge in [-0.15, -0.1) is 11.3 Å². The predicted octanol–water partition coefficient (Wildman–Crippen LogP) is 3.52. The smallest absolute Gasteiger partial charge is 0.348 e. The Morgan fingerprint density at radius 3 is 2.64 bits per heavy atom. The number of esters is 1. The first-order valence-electron chi connectivity index (χ1n) is 8.43. The Hall–Kier alpha value is -3.27. The predicted molar refractivity (Wildman–Crippen MR) is 103 cm³/mol. The summed E-state index contributed by atoms with van der Waals surface area (Å²) in [5.41, 5.74) is 0.111. The molecule has 3 aromatic rings. The maximum absolute atomic E-state index is 12.5. The van der Waals surface area contributed by atoms with Gasteiger partial charge in [-0.1, -0.05) is 0 Å². The standard InChI is InChI=1S/C18H17N3O6S/c1-4-26-18(23)14-9(2)13-16(22)19-15(20-17(13)28-14)10(3)27-12-7-5-11(6-8-12)21(24)25/h5-8,10H,4H2,1-3H3,(H,19,20,22)/t10-/m1/s1. The fourth-order valence-corrected chi connectivity index (χ4v) is 3.73. The molecule has 2 aromatic heterocycles. The maximum atomic E-state index is 12.5. The Kier molecular flexibility index (Phi) is 5.41. The van der Waals surface area contributed by atoms with E-state index in [0.717, 1.165) is 11.3 Å². The molecule has 1 atom stereocenters. The molecule has 0 saturated carbocycles. The molecule has 0 saturated heterocycles. The number of non-ortho nitro benzene ring substituents is 1. The first-order chi connectivity index (χ1) is 13.3. The summed E-state index contributed by atoms with van der Waals surface area (Å²) < 4.78 is 10.7. The molecule has 9 nitrogen and oxygen atoms in total. The summed E-state index contributed by atoms with van der Waals surface area (Å²) in [6.07, 6.45) is -0.619. The lowest BCUT2D eigenvalue weighted by Gasteiger charge is -2.13. The van der Waals surface area contributed by atoms with Crippen LogP contribution < -0.4 is 10.3 Å². The lowest BCUT2D eigenvalue weighted by molar-refractivity contribution is -0.384. The minimum absolute atomic E-state index is 0.0477. The minimum atomic E-state index is -0.619. The van der Waals surface area contributed by atoms with Gasteiger partial charge < -0.3 is 14.5 Å². The van der Waals surface area contributed by atoms with E-state index in [9.17, 15) is 19.7 Å². The van der Waals surface area contributed by atoms with Gasteiger partial charge in [-0.2, -0.15) is 0 Å². The van der Waals surface area contributed by atoms with Crippen molar-refractivity contribution in [1.82, 2.24) is 9.97 Å². The van der Waals surface area contributed by atoms with E-state index in [1.807, 2.05) is 0 Å². The van der Waals surface area contributed by atoms with Gasteiger partial charge in [-0.05, 0) is 38.5 Å². The number of hydrogen-bond donors (Lipinski definition) is 1. The molecule has 1 aromatic carbocycles. The van der Waals surface area contributed by atoms with Gasteiger partial charge in [-0.3, -0.25) is 14.9 Å². The van der Waals surface area contributed by atoms with Gasteiger partial charge in [0.25, 0.3) is 11.2 Å². The Morgan fingerprint density at radius 2 is 2.04 bits per heavy atom. The summed E-state index contributed by atoms with van der Waals surface area (Å²) in [7, 11) is 0. The van der Waals surface area contributed by atoms with E-state index < -0.39 is 17.0 Å². The number of fused-ring (bicyclic) bond motifs is 1. The highest BCUT2D eigenvalue weighted by Gasteiger charge is 2.21. The fraction of sp³-hybridized carbons (Fsp3) is 0.278. The van der Waals surface area contributed by atoms with Crippen molar-refractivity contribution >= 4 is 33.2 Å². The van der Waals surface area contributed by atoms with Gasteiger partial charge in [0.15, 0.2) is 11.9 Å². The molecule has 0 spiro atoms. The molecule has 1 N–H and O–H groups in total. The molecule has 0 unspecified atom stereocenters. The number of H-pyrrole nitrogens is 1. The fourth-order valence-electron chi connectivity index (χ4n) is 2.65. The lowest BCUT2D eigenvalue weighted by atomic mass is 10.2. The summed E-state index contributed by atoms with van der Waals surface area (Å²) >= 11 is 1.09. The molecule has 0 radical (unpaired) electrons. The van der Waals surface area contributed by atoms with Crippen LogP contribution in [0.4, 0.5) is 5.69 Å². The molecule has 28 heavy (non-hydrogen) atoms. The third-order valence-electron chi connectivity index (χ3n) is 4.03. The Balaban J connectivity index is 1.91. The van der Waals surface area contributed by atoms with Gasteiger partial charge in [0.1, 0.15) is 15.5 Å². The zero-order chi connectivity index (χ0) is 20.4. The lowest BCUT2D eigenvalue weighted by Crippen LogP contribution is -2.16. The van der Waals surface area contributed by atoms with E-state index >= 15 is 0 Å². The molecule has 0 aliphatic carbocycles. The number of hydrogen-bond acceptors (Lipinski definition) is 8. The Morgan fingerprint density at radius 1 is 1.36 bits per heavy atom. The van der Waals surface area contributed by atoms with Crippen molar-refractivity contribution < 1.29 is 19.2 Å². The van der Waals surface area contributed by atoms with Crippen molar-refractivity contribution in [2.75, 3.05) is 6.61 Å². The van der Waals surface area contributed by atoms with E-state index in [1.165, 1.54) is 24.3 Å². The molecule has 0 aliphatic rings. The van der Waals surface area contributed by atoms with Crippen molar-refractivity contribution in [3.8, 4) is 5.75 Å². The van der Waals surface area contributed by atoms with Crippen LogP contribution in [-0.2, 0) is 4.74 Å². The summed E-state index contributed by atoms with van der Waals surface area (Å²) in [5.74, 6) is 0.196. The molecule has 0 fully saturated rings. The largest absolute Gasteiger partial charge is 0.483 e.